The number of anilines is 1. The van der Waals surface area contributed by atoms with Gasteiger partial charge in [-0.3, -0.25) is 9.59 Å². The molecule has 1 fully saturated rings. The van der Waals surface area contributed by atoms with Gasteiger partial charge in [0.2, 0.25) is 0 Å². The Balaban J connectivity index is 1.48. The summed E-state index contributed by atoms with van der Waals surface area (Å²) in [6.45, 7) is -3.45. The van der Waals surface area contributed by atoms with Gasteiger partial charge in [-0.1, -0.05) is 41.4 Å². The standard InChI is InChI=1S/C38H34F17N5O4/c1-2-15-60(20-27(61)63-17-13-31(39,40)32(41,42)33(43,44)34(45,46)35(47,48)36(49,50)37(51,52)38(53,54)55)30(62)23-11-12-24-26(19-23)58-28(25-10-6-16-64-29(24)25)22-9-5-8-21(18-22)7-3-4-14-57-59-56/h1,5,8-9,11-12,18-19,25,28-29,58H,3-4,6-7,10,13-17,20H2/t25-,28-,29+/m1/s1. The molecular formula is C38H34F17N5O4. The molecule has 0 radical (unpaired) electrons. The molecule has 0 unspecified atom stereocenters. The summed E-state index contributed by atoms with van der Waals surface area (Å²) in [5.41, 5.74) is 11.2. The zero-order chi connectivity index (χ0) is 48.3. The third-order valence-electron chi connectivity index (χ3n) is 10.4. The van der Waals surface area contributed by atoms with E-state index in [2.05, 4.69) is 20.1 Å². The number of ether oxygens (including phenoxy) is 2. The lowest BCUT2D eigenvalue weighted by Gasteiger charge is -2.43. The molecule has 0 aromatic heterocycles. The third kappa shape index (κ3) is 9.46. The number of hydrogen-bond acceptors (Lipinski definition) is 6. The number of nitrogens with one attached hydrogen (secondary N) is 1. The lowest BCUT2D eigenvalue weighted by Crippen LogP contribution is -2.74. The first-order valence-electron chi connectivity index (χ1n) is 18.7. The van der Waals surface area contributed by atoms with Crippen LogP contribution in [0.5, 0.6) is 0 Å². The fraction of sp³-hybridized carbons (Fsp3) is 0.579. The summed E-state index contributed by atoms with van der Waals surface area (Å²) >= 11 is 0. The molecule has 1 N–H and O–H groups in total. The van der Waals surface area contributed by atoms with E-state index in [1.54, 1.807) is 6.07 Å². The number of hydrogen-bond donors (Lipinski definition) is 1. The molecule has 0 aliphatic carbocycles. The van der Waals surface area contributed by atoms with Crippen LogP contribution in [0.25, 0.3) is 10.4 Å². The number of aryl methyl sites for hydroxylation is 1. The van der Waals surface area contributed by atoms with Crippen LogP contribution in [-0.2, 0) is 20.7 Å². The first-order valence-corrected chi connectivity index (χ1v) is 18.7. The van der Waals surface area contributed by atoms with Gasteiger partial charge in [-0.15, -0.1) is 6.42 Å². The summed E-state index contributed by atoms with van der Waals surface area (Å²) in [6.07, 6.45) is -2.49. The van der Waals surface area contributed by atoms with Gasteiger partial charge in [0.1, 0.15) is 6.54 Å². The zero-order valence-corrected chi connectivity index (χ0v) is 32.5. The van der Waals surface area contributed by atoms with E-state index in [-0.39, 0.29) is 17.5 Å². The third-order valence-corrected chi connectivity index (χ3v) is 10.4. The molecule has 3 atom stereocenters. The Bertz CT molecular complexity index is 2100. The predicted molar refractivity (Wildman–Crippen MR) is 189 cm³/mol. The molecule has 2 aliphatic rings. The van der Waals surface area contributed by atoms with Crippen molar-refractivity contribution in [2.24, 2.45) is 11.0 Å². The largest absolute Gasteiger partial charge is 0.464 e. The molecule has 2 aromatic carbocycles. The highest BCUT2D eigenvalue weighted by Crippen LogP contribution is 2.64. The van der Waals surface area contributed by atoms with Crippen LogP contribution < -0.4 is 5.32 Å². The van der Waals surface area contributed by atoms with Crippen LogP contribution in [0.15, 0.2) is 47.6 Å². The van der Waals surface area contributed by atoms with Gasteiger partial charge in [-0.2, -0.15) is 74.6 Å². The zero-order valence-electron chi connectivity index (χ0n) is 32.5. The van der Waals surface area contributed by atoms with Crippen molar-refractivity contribution in [3.05, 3.63) is 75.2 Å². The van der Waals surface area contributed by atoms with Crippen LogP contribution in [0.2, 0.25) is 0 Å². The van der Waals surface area contributed by atoms with Crippen molar-refractivity contribution < 1.29 is 93.7 Å². The number of carbonyl (C=O) groups is 2. The van der Waals surface area contributed by atoms with Crippen molar-refractivity contribution in [1.82, 2.24) is 4.90 Å². The highest BCUT2D eigenvalue weighted by molar-refractivity contribution is 5.97. The Kier molecular flexibility index (Phi) is 15.1. The summed E-state index contributed by atoms with van der Waals surface area (Å²) in [6, 6.07) is 11.5. The molecular weight excluding hydrogens is 913 g/mol. The van der Waals surface area contributed by atoms with Crippen molar-refractivity contribution >= 4 is 17.6 Å². The molecule has 0 spiro atoms. The van der Waals surface area contributed by atoms with Crippen LogP contribution in [0, 0.1) is 18.3 Å². The van der Waals surface area contributed by atoms with E-state index in [0.717, 1.165) is 30.4 Å². The van der Waals surface area contributed by atoms with Gasteiger partial charge >= 0.3 is 53.6 Å². The Hall–Kier alpha value is -5.18. The van der Waals surface area contributed by atoms with E-state index in [9.17, 15) is 84.2 Å². The molecule has 1 saturated heterocycles. The summed E-state index contributed by atoms with van der Waals surface area (Å²) in [7, 11) is 0. The van der Waals surface area contributed by atoms with Gasteiger partial charge in [-0.05, 0) is 60.9 Å². The lowest BCUT2D eigenvalue weighted by molar-refractivity contribution is -0.461. The average Bonchev–Trinajstić information content (AvgIpc) is 3.21. The van der Waals surface area contributed by atoms with Crippen molar-refractivity contribution in [3.8, 4) is 12.3 Å². The number of terminal acetylenes is 1. The first-order chi connectivity index (χ1) is 29.4. The van der Waals surface area contributed by atoms with Gasteiger partial charge in [0, 0.05) is 40.8 Å². The van der Waals surface area contributed by atoms with Crippen molar-refractivity contribution in [2.45, 2.75) is 98.3 Å². The van der Waals surface area contributed by atoms with Gasteiger partial charge < -0.3 is 19.7 Å². The number of unbranched alkanes of at least 4 members (excludes halogenated alkanes) is 1. The number of benzene rings is 2. The predicted octanol–water partition coefficient (Wildman–Crippen LogP) is 11.0. The summed E-state index contributed by atoms with van der Waals surface area (Å²) in [5.74, 6) is -58.5. The number of halogens is 17. The minimum Gasteiger partial charge on any atom is -0.464 e. The van der Waals surface area contributed by atoms with Crippen LogP contribution in [0.1, 0.15) is 71.3 Å². The maximum atomic E-state index is 14.4. The molecule has 1 amide bonds. The number of nitrogens with zero attached hydrogens (tertiary/aromatic N) is 4. The number of azide groups is 1. The molecule has 4 rings (SSSR count). The second kappa shape index (κ2) is 18.7. The number of esters is 1. The van der Waals surface area contributed by atoms with E-state index in [1.807, 2.05) is 30.2 Å². The number of alkyl halides is 17. The lowest BCUT2D eigenvalue weighted by atomic mass is 9.77. The van der Waals surface area contributed by atoms with Crippen LogP contribution >= 0.6 is 0 Å². The molecule has 0 bridgehead atoms. The van der Waals surface area contributed by atoms with Crippen molar-refractivity contribution in [2.75, 3.05) is 38.2 Å². The molecule has 2 aromatic rings. The Morgan fingerprint density at radius 2 is 1.48 bits per heavy atom. The van der Waals surface area contributed by atoms with Gasteiger partial charge in [0.15, 0.2) is 0 Å². The molecule has 0 saturated carbocycles. The molecule has 64 heavy (non-hydrogen) atoms. The van der Waals surface area contributed by atoms with Crippen LogP contribution in [0.3, 0.4) is 0 Å². The normalized spacial score (nSPS) is 18.7. The molecule has 2 aliphatic heterocycles. The summed E-state index contributed by atoms with van der Waals surface area (Å²) < 4.78 is 242. The minimum atomic E-state index is -8.77. The maximum Gasteiger partial charge on any atom is 0.460 e. The fourth-order valence-electron chi connectivity index (χ4n) is 6.97. The van der Waals surface area contributed by atoms with E-state index < -0.39 is 91.7 Å². The SMILES string of the molecule is C#CCN(CC(=O)OCCC(F)(F)C(F)(F)C(F)(F)C(F)(F)C(F)(F)C(F)(F)C(F)(F)C(F)(F)F)C(=O)c1ccc2c(c1)N[C@H](c1cccc(CCCCN=[N+]=[N-])c1)[C@H]1CCCO[C@@H]21. The summed E-state index contributed by atoms with van der Waals surface area (Å²) in [4.78, 5) is 29.4. The number of amides is 1. The molecule has 26 heteroatoms. The smallest absolute Gasteiger partial charge is 0.460 e. The van der Waals surface area contributed by atoms with E-state index in [4.69, 9.17) is 16.7 Å². The van der Waals surface area contributed by atoms with E-state index in [1.165, 1.54) is 12.1 Å². The number of rotatable bonds is 19. The number of carbonyl (C=O) groups excluding carboxylic acids is 2. The first kappa shape index (κ1) is 51.5. The fourth-order valence-corrected chi connectivity index (χ4v) is 6.97. The number of fused-ring (bicyclic) bond motifs is 3. The second-order valence-corrected chi connectivity index (χ2v) is 14.7. The van der Waals surface area contributed by atoms with Crippen molar-refractivity contribution in [1.29, 1.82) is 0 Å². The molecule has 9 nitrogen and oxygen atoms in total. The minimum absolute atomic E-state index is 0.0762. The van der Waals surface area contributed by atoms with Gasteiger partial charge in [0.25, 0.3) is 5.91 Å². The van der Waals surface area contributed by atoms with E-state index >= 15 is 0 Å². The Morgan fingerprint density at radius 1 is 0.859 bits per heavy atom. The van der Waals surface area contributed by atoms with Gasteiger partial charge in [0.05, 0.1) is 31.7 Å². The molecule has 2 heterocycles. The average molecular weight is 948 g/mol. The summed E-state index contributed by atoms with van der Waals surface area (Å²) in [5, 5.41) is 6.92. The maximum absolute atomic E-state index is 14.4. The quantitative estimate of drug-likeness (QED) is 0.0286. The highest BCUT2D eigenvalue weighted by atomic mass is 19.4. The Labute approximate surface area is 351 Å². The monoisotopic (exact) mass is 947 g/mol. The molecule has 354 valence electrons. The second-order valence-electron chi connectivity index (χ2n) is 14.7. The highest BCUT2D eigenvalue weighted by Gasteiger charge is 2.95. The Morgan fingerprint density at radius 3 is 2.09 bits per heavy atom. The topological polar surface area (TPSA) is 117 Å². The van der Waals surface area contributed by atoms with Crippen molar-refractivity contribution in [3.63, 3.8) is 0 Å². The van der Waals surface area contributed by atoms with Crippen LogP contribution in [-0.4, -0.2) is 97.3 Å². The van der Waals surface area contributed by atoms with Crippen LogP contribution in [0.4, 0.5) is 80.3 Å². The van der Waals surface area contributed by atoms with E-state index in [0.29, 0.717) is 42.1 Å². The van der Waals surface area contributed by atoms with Gasteiger partial charge in [-0.25, -0.2) is 0 Å².